The van der Waals surface area contributed by atoms with Crippen molar-refractivity contribution in [2.75, 3.05) is 11.9 Å². The average Bonchev–Trinajstić information content (AvgIpc) is 2.75. The van der Waals surface area contributed by atoms with Gasteiger partial charge in [-0.25, -0.2) is 13.2 Å². The van der Waals surface area contributed by atoms with Crippen LogP contribution in [0, 0.1) is 17.5 Å². The predicted octanol–water partition coefficient (Wildman–Crippen LogP) is 5.69. The number of hydrogen-bond donors (Lipinski definition) is 1. The zero-order chi connectivity index (χ0) is 24.0. The summed E-state index contributed by atoms with van der Waals surface area (Å²) < 4.78 is 52.9. The number of ether oxygens (including phenoxy) is 2. The van der Waals surface area contributed by atoms with Crippen molar-refractivity contribution in [1.29, 1.82) is 0 Å². The van der Waals surface area contributed by atoms with E-state index in [0.717, 1.165) is 6.07 Å². The summed E-state index contributed by atoms with van der Waals surface area (Å²) in [4.78, 5) is 24.2. The third kappa shape index (κ3) is 6.26. The lowest BCUT2D eigenvalue weighted by molar-refractivity contribution is -0.142. The fraction of sp³-hybridized carbons (Fsp3) is 0.167. The number of benzene rings is 3. The summed E-state index contributed by atoms with van der Waals surface area (Å²) in [6, 6.07) is 11.8. The molecule has 0 radical (unpaired) electrons. The van der Waals surface area contributed by atoms with Gasteiger partial charge in [0.05, 0.1) is 29.3 Å². The highest BCUT2D eigenvalue weighted by Crippen LogP contribution is 2.29. The summed E-state index contributed by atoms with van der Waals surface area (Å²) in [7, 11) is 0. The van der Waals surface area contributed by atoms with Gasteiger partial charge in [0.1, 0.15) is 18.2 Å². The number of halogens is 4. The van der Waals surface area contributed by atoms with Crippen molar-refractivity contribution >= 4 is 29.2 Å². The first-order chi connectivity index (χ1) is 15.8. The summed E-state index contributed by atoms with van der Waals surface area (Å²) in [5.41, 5.74) is 0.0406. The summed E-state index contributed by atoms with van der Waals surface area (Å²) >= 11 is 6.00. The van der Waals surface area contributed by atoms with Crippen LogP contribution in [0.3, 0.4) is 0 Å². The van der Waals surface area contributed by atoms with Gasteiger partial charge in [-0.3, -0.25) is 9.59 Å². The molecule has 0 atom stereocenters. The molecule has 0 aliphatic carbocycles. The summed E-state index contributed by atoms with van der Waals surface area (Å²) in [6.07, 6.45) is -0.135. The smallest absolute Gasteiger partial charge is 0.310 e. The topological polar surface area (TPSA) is 64.6 Å². The Bertz CT molecular complexity index is 1190. The fourth-order valence-corrected chi connectivity index (χ4v) is 3.21. The monoisotopic (exact) mass is 477 g/mol. The molecular formula is C24H19ClF3NO4. The zero-order valence-corrected chi connectivity index (χ0v) is 18.2. The van der Waals surface area contributed by atoms with Crippen LogP contribution in [0.5, 0.6) is 5.75 Å². The van der Waals surface area contributed by atoms with Crippen molar-refractivity contribution in [3.8, 4) is 5.75 Å². The first kappa shape index (κ1) is 24.1. The van der Waals surface area contributed by atoms with E-state index in [1.54, 1.807) is 13.0 Å². The van der Waals surface area contributed by atoms with Crippen LogP contribution in [0.25, 0.3) is 0 Å². The first-order valence-corrected chi connectivity index (χ1v) is 10.3. The second kappa shape index (κ2) is 10.9. The molecule has 1 N–H and O–H groups in total. The van der Waals surface area contributed by atoms with E-state index < -0.39 is 34.9 Å². The lowest BCUT2D eigenvalue weighted by atomic mass is 10.1. The Morgan fingerprint density at radius 1 is 1.00 bits per heavy atom. The van der Waals surface area contributed by atoms with Crippen LogP contribution in [-0.4, -0.2) is 18.5 Å². The van der Waals surface area contributed by atoms with E-state index in [0.29, 0.717) is 11.1 Å². The van der Waals surface area contributed by atoms with Crippen LogP contribution < -0.4 is 10.1 Å². The van der Waals surface area contributed by atoms with Gasteiger partial charge >= 0.3 is 5.97 Å². The Labute approximate surface area is 193 Å². The Morgan fingerprint density at radius 2 is 1.79 bits per heavy atom. The molecule has 0 aromatic heterocycles. The molecule has 172 valence electrons. The van der Waals surface area contributed by atoms with Gasteiger partial charge in [0, 0.05) is 0 Å². The van der Waals surface area contributed by atoms with Gasteiger partial charge in [0.2, 0.25) is 0 Å². The minimum atomic E-state index is -1.05. The zero-order valence-electron chi connectivity index (χ0n) is 17.5. The Morgan fingerprint density at radius 3 is 2.48 bits per heavy atom. The fourth-order valence-electron chi connectivity index (χ4n) is 2.97. The van der Waals surface area contributed by atoms with Gasteiger partial charge in [-0.1, -0.05) is 29.8 Å². The third-order valence-electron chi connectivity index (χ3n) is 4.50. The number of amides is 1. The SMILES string of the molecule is CCOC(=O)Cc1ccc(NC(=O)c2c(Cl)ccc(OCc3cccc(F)c3)c2F)c(F)c1. The van der Waals surface area contributed by atoms with Crippen molar-refractivity contribution in [3.05, 3.63) is 93.8 Å². The Hall–Kier alpha value is -3.52. The molecule has 0 aliphatic heterocycles. The van der Waals surface area contributed by atoms with Crippen LogP contribution in [-0.2, 0) is 22.6 Å². The Balaban J connectivity index is 1.75. The molecular weight excluding hydrogens is 459 g/mol. The van der Waals surface area contributed by atoms with Crippen LogP contribution in [0.4, 0.5) is 18.9 Å². The minimum absolute atomic E-state index is 0.135. The van der Waals surface area contributed by atoms with E-state index in [1.807, 2.05) is 0 Å². The molecule has 0 saturated carbocycles. The standard InChI is InChI=1S/C24H19ClF3NO4/c1-2-32-21(30)12-14-6-8-19(18(27)11-14)29-24(31)22-17(25)7-9-20(23(22)28)33-13-15-4-3-5-16(26)10-15/h3-11H,2,12-13H2,1H3,(H,29,31). The molecule has 0 saturated heterocycles. The predicted molar refractivity (Wildman–Crippen MR) is 117 cm³/mol. The molecule has 0 bridgehead atoms. The maximum Gasteiger partial charge on any atom is 0.310 e. The van der Waals surface area contributed by atoms with Crippen molar-refractivity contribution in [3.63, 3.8) is 0 Å². The molecule has 0 aliphatic rings. The van der Waals surface area contributed by atoms with Gasteiger partial charge in [-0.2, -0.15) is 0 Å². The highest BCUT2D eigenvalue weighted by Gasteiger charge is 2.22. The van der Waals surface area contributed by atoms with Crippen LogP contribution in [0.2, 0.25) is 5.02 Å². The largest absolute Gasteiger partial charge is 0.486 e. The number of nitrogens with one attached hydrogen (secondary N) is 1. The molecule has 0 fully saturated rings. The molecule has 33 heavy (non-hydrogen) atoms. The van der Waals surface area contributed by atoms with E-state index in [2.05, 4.69) is 5.32 Å². The summed E-state index contributed by atoms with van der Waals surface area (Å²) in [5, 5.41) is 2.06. The molecule has 5 nitrogen and oxygen atoms in total. The van der Waals surface area contributed by atoms with Crippen LogP contribution in [0.15, 0.2) is 54.6 Å². The second-order valence-electron chi connectivity index (χ2n) is 6.90. The van der Waals surface area contributed by atoms with E-state index in [-0.39, 0.29) is 36.1 Å². The number of hydrogen-bond acceptors (Lipinski definition) is 4. The maximum absolute atomic E-state index is 15.0. The van der Waals surface area contributed by atoms with Crippen molar-refractivity contribution < 1.29 is 32.2 Å². The van der Waals surface area contributed by atoms with E-state index in [9.17, 15) is 22.8 Å². The van der Waals surface area contributed by atoms with E-state index in [1.165, 1.54) is 42.5 Å². The molecule has 9 heteroatoms. The number of anilines is 1. The highest BCUT2D eigenvalue weighted by atomic mass is 35.5. The molecule has 3 rings (SSSR count). The van der Waals surface area contributed by atoms with Crippen LogP contribution >= 0.6 is 11.6 Å². The molecule has 1 amide bonds. The van der Waals surface area contributed by atoms with Gasteiger partial charge in [-0.15, -0.1) is 0 Å². The van der Waals surface area contributed by atoms with Gasteiger partial charge < -0.3 is 14.8 Å². The molecule has 0 unspecified atom stereocenters. The second-order valence-corrected chi connectivity index (χ2v) is 7.31. The maximum atomic E-state index is 15.0. The van der Waals surface area contributed by atoms with E-state index in [4.69, 9.17) is 21.1 Å². The first-order valence-electron chi connectivity index (χ1n) is 9.89. The number of carbonyl (C=O) groups is 2. The highest BCUT2D eigenvalue weighted by molar-refractivity contribution is 6.34. The molecule has 0 spiro atoms. The van der Waals surface area contributed by atoms with Crippen molar-refractivity contribution in [2.24, 2.45) is 0 Å². The molecule has 3 aromatic rings. The lowest BCUT2D eigenvalue weighted by Gasteiger charge is -2.13. The van der Waals surface area contributed by atoms with Crippen LogP contribution in [0.1, 0.15) is 28.4 Å². The lowest BCUT2D eigenvalue weighted by Crippen LogP contribution is -2.16. The summed E-state index contributed by atoms with van der Waals surface area (Å²) in [6.45, 7) is 1.71. The normalized spacial score (nSPS) is 10.6. The Kier molecular flexibility index (Phi) is 7.95. The van der Waals surface area contributed by atoms with Crippen molar-refractivity contribution in [1.82, 2.24) is 0 Å². The molecule has 3 aromatic carbocycles. The molecule has 0 heterocycles. The number of esters is 1. The van der Waals surface area contributed by atoms with Crippen molar-refractivity contribution in [2.45, 2.75) is 20.0 Å². The average molecular weight is 478 g/mol. The summed E-state index contributed by atoms with van der Waals surface area (Å²) in [5.74, 6) is -4.12. The van der Waals surface area contributed by atoms with Gasteiger partial charge in [0.15, 0.2) is 11.6 Å². The third-order valence-corrected chi connectivity index (χ3v) is 4.82. The minimum Gasteiger partial charge on any atom is -0.486 e. The quantitative estimate of drug-likeness (QED) is 0.423. The van der Waals surface area contributed by atoms with Gasteiger partial charge in [0.25, 0.3) is 5.91 Å². The van der Waals surface area contributed by atoms with Gasteiger partial charge in [-0.05, 0) is 54.4 Å². The number of carbonyl (C=O) groups excluding carboxylic acids is 2. The van der Waals surface area contributed by atoms with E-state index >= 15 is 0 Å². The number of rotatable bonds is 8.